The fraction of sp³-hybridized carbons (Fsp3) is 0.364. The lowest BCUT2D eigenvalue weighted by Gasteiger charge is -2.08. The Kier molecular flexibility index (Phi) is 5.78. The van der Waals surface area contributed by atoms with Gasteiger partial charge in [0, 0.05) is 18.2 Å². The summed E-state index contributed by atoms with van der Waals surface area (Å²) in [5, 5.41) is 13.4. The van der Waals surface area contributed by atoms with Crippen LogP contribution in [-0.4, -0.2) is 37.0 Å². The van der Waals surface area contributed by atoms with E-state index in [-0.39, 0.29) is 30.1 Å². The first kappa shape index (κ1) is 15.8. The molecule has 0 bridgehead atoms. The fourth-order valence-electron chi connectivity index (χ4n) is 1.42. The Morgan fingerprint density at radius 1 is 1.50 bits per heavy atom. The molecule has 0 radical (unpaired) electrons. The summed E-state index contributed by atoms with van der Waals surface area (Å²) in [5.74, 6) is -0.725. The fourth-order valence-corrected chi connectivity index (χ4v) is 1.42. The molecule has 1 rings (SSSR count). The summed E-state index contributed by atoms with van der Waals surface area (Å²) < 4.78 is 28.2. The minimum atomic E-state index is -2.57. The zero-order valence-corrected chi connectivity index (χ0v) is 10.3. The number of nitrogens with zero attached hydrogens (tertiary/aromatic N) is 1. The SMILES string of the molecule is NC(=O)c1ccc([N+](=O)[O-])c(NCCOCC(F)F)c1. The predicted molar refractivity (Wildman–Crippen MR) is 66.9 cm³/mol. The van der Waals surface area contributed by atoms with Crippen molar-refractivity contribution in [3.63, 3.8) is 0 Å². The number of nitro benzene ring substituents is 1. The van der Waals surface area contributed by atoms with E-state index in [1.807, 2.05) is 0 Å². The second-order valence-electron chi connectivity index (χ2n) is 3.75. The van der Waals surface area contributed by atoms with Crippen LogP contribution in [0.5, 0.6) is 0 Å². The summed E-state index contributed by atoms with van der Waals surface area (Å²) in [6, 6.07) is 3.61. The van der Waals surface area contributed by atoms with E-state index in [1.165, 1.54) is 12.1 Å². The van der Waals surface area contributed by atoms with Crippen molar-refractivity contribution in [2.24, 2.45) is 5.73 Å². The monoisotopic (exact) mass is 289 g/mol. The average Bonchev–Trinajstić information content (AvgIpc) is 2.37. The predicted octanol–water partition coefficient (Wildman–Crippen LogP) is 1.39. The van der Waals surface area contributed by atoms with E-state index in [9.17, 15) is 23.7 Å². The van der Waals surface area contributed by atoms with Crippen LogP contribution < -0.4 is 11.1 Å². The van der Waals surface area contributed by atoms with Gasteiger partial charge >= 0.3 is 0 Å². The molecule has 1 aromatic rings. The van der Waals surface area contributed by atoms with E-state index in [0.717, 1.165) is 6.07 Å². The van der Waals surface area contributed by atoms with Crippen molar-refractivity contribution in [2.75, 3.05) is 25.1 Å². The smallest absolute Gasteiger partial charge is 0.292 e. The molecule has 7 nitrogen and oxygen atoms in total. The van der Waals surface area contributed by atoms with Crippen LogP contribution in [0.2, 0.25) is 0 Å². The van der Waals surface area contributed by atoms with Crippen LogP contribution in [0, 0.1) is 10.1 Å². The minimum Gasteiger partial charge on any atom is -0.377 e. The van der Waals surface area contributed by atoms with Crippen LogP contribution in [0.4, 0.5) is 20.2 Å². The van der Waals surface area contributed by atoms with E-state index in [0.29, 0.717) is 0 Å². The van der Waals surface area contributed by atoms with Gasteiger partial charge in [0.05, 0.1) is 11.5 Å². The summed E-state index contributed by atoms with van der Waals surface area (Å²) >= 11 is 0. The standard InChI is InChI=1S/C11H13F2N3O4/c12-10(13)6-20-4-3-15-8-5-7(11(14)17)1-2-9(8)16(18)19/h1-2,5,10,15H,3-4,6H2,(H2,14,17). The third-order valence-corrected chi connectivity index (χ3v) is 2.28. The number of nitrogens with two attached hydrogens (primary N) is 1. The van der Waals surface area contributed by atoms with Gasteiger partial charge in [0.25, 0.3) is 12.1 Å². The highest BCUT2D eigenvalue weighted by molar-refractivity contribution is 5.94. The van der Waals surface area contributed by atoms with Gasteiger partial charge in [-0.3, -0.25) is 14.9 Å². The highest BCUT2D eigenvalue weighted by atomic mass is 19.3. The number of halogens is 2. The van der Waals surface area contributed by atoms with Gasteiger partial charge in [-0.1, -0.05) is 0 Å². The number of primary amides is 1. The molecule has 9 heteroatoms. The first-order valence-corrected chi connectivity index (χ1v) is 5.60. The Balaban J connectivity index is 2.68. The molecule has 0 spiro atoms. The molecule has 1 aromatic carbocycles. The topological polar surface area (TPSA) is 107 Å². The van der Waals surface area contributed by atoms with Gasteiger partial charge in [0.15, 0.2) is 0 Å². The molecule has 3 N–H and O–H groups in total. The number of carbonyl (C=O) groups is 1. The third-order valence-electron chi connectivity index (χ3n) is 2.28. The lowest BCUT2D eigenvalue weighted by Crippen LogP contribution is -2.15. The largest absolute Gasteiger partial charge is 0.377 e. The number of hydrogen-bond donors (Lipinski definition) is 2. The first-order chi connectivity index (χ1) is 9.41. The molecule has 110 valence electrons. The Morgan fingerprint density at radius 2 is 2.20 bits per heavy atom. The molecule has 0 saturated heterocycles. The average molecular weight is 289 g/mol. The highest BCUT2D eigenvalue weighted by Crippen LogP contribution is 2.25. The molecular formula is C11H13F2N3O4. The summed E-state index contributed by atoms with van der Waals surface area (Å²) in [6.07, 6.45) is -2.57. The maximum Gasteiger partial charge on any atom is 0.292 e. The van der Waals surface area contributed by atoms with Gasteiger partial charge in [-0.15, -0.1) is 0 Å². The lowest BCUT2D eigenvalue weighted by molar-refractivity contribution is -0.384. The molecule has 20 heavy (non-hydrogen) atoms. The molecule has 0 aliphatic carbocycles. The molecule has 0 saturated carbocycles. The Labute approximate surface area is 112 Å². The number of hydrogen-bond acceptors (Lipinski definition) is 5. The summed E-state index contributed by atoms with van der Waals surface area (Å²) in [7, 11) is 0. The van der Waals surface area contributed by atoms with E-state index in [4.69, 9.17) is 5.73 Å². The van der Waals surface area contributed by atoms with Crippen molar-refractivity contribution in [1.29, 1.82) is 0 Å². The number of ether oxygens (including phenoxy) is 1. The second-order valence-corrected chi connectivity index (χ2v) is 3.75. The lowest BCUT2D eigenvalue weighted by atomic mass is 10.1. The van der Waals surface area contributed by atoms with Crippen LogP contribution in [0.15, 0.2) is 18.2 Å². The normalized spacial score (nSPS) is 10.6. The second kappa shape index (κ2) is 7.34. The molecule has 0 fully saturated rings. The Hall–Kier alpha value is -2.29. The van der Waals surface area contributed by atoms with Crippen molar-refractivity contribution in [2.45, 2.75) is 6.43 Å². The number of nitrogens with one attached hydrogen (secondary N) is 1. The maximum absolute atomic E-state index is 11.8. The number of rotatable bonds is 8. The van der Waals surface area contributed by atoms with E-state index >= 15 is 0 Å². The van der Waals surface area contributed by atoms with Crippen LogP contribution >= 0.6 is 0 Å². The van der Waals surface area contributed by atoms with Crippen molar-refractivity contribution in [1.82, 2.24) is 0 Å². The first-order valence-electron chi connectivity index (χ1n) is 5.60. The summed E-state index contributed by atoms with van der Waals surface area (Å²) in [6.45, 7) is -0.677. The number of nitro groups is 1. The quantitative estimate of drug-likeness (QED) is 0.427. The number of carbonyl (C=O) groups excluding carboxylic acids is 1. The van der Waals surface area contributed by atoms with Gasteiger partial charge in [-0.25, -0.2) is 8.78 Å². The number of amides is 1. The molecule has 0 atom stereocenters. The van der Waals surface area contributed by atoms with Gasteiger partial charge in [-0.2, -0.15) is 0 Å². The van der Waals surface area contributed by atoms with Crippen LogP contribution in [0.3, 0.4) is 0 Å². The van der Waals surface area contributed by atoms with Gasteiger partial charge in [-0.05, 0) is 12.1 Å². The molecule has 0 aliphatic rings. The number of benzene rings is 1. The molecule has 0 aromatic heterocycles. The zero-order valence-electron chi connectivity index (χ0n) is 10.3. The van der Waals surface area contributed by atoms with Gasteiger partial charge < -0.3 is 15.8 Å². The molecule has 0 unspecified atom stereocenters. The molecule has 0 heterocycles. The van der Waals surface area contributed by atoms with Crippen molar-refractivity contribution in [3.8, 4) is 0 Å². The third kappa shape index (κ3) is 4.76. The van der Waals surface area contributed by atoms with E-state index < -0.39 is 23.9 Å². The minimum absolute atomic E-state index is 0.0533. The number of alkyl halides is 2. The molecule has 1 amide bonds. The van der Waals surface area contributed by atoms with Crippen LogP contribution in [0.25, 0.3) is 0 Å². The maximum atomic E-state index is 11.8. The van der Waals surface area contributed by atoms with Crippen LogP contribution in [-0.2, 0) is 4.74 Å². The molecular weight excluding hydrogens is 276 g/mol. The van der Waals surface area contributed by atoms with Crippen molar-refractivity contribution < 1.29 is 23.2 Å². The van der Waals surface area contributed by atoms with E-state index in [1.54, 1.807) is 0 Å². The van der Waals surface area contributed by atoms with E-state index in [2.05, 4.69) is 10.1 Å². The number of anilines is 1. The summed E-state index contributed by atoms with van der Waals surface area (Å²) in [5.41, 5.74) is 5.01. The van der Waals surface area contributed by atoms with Crippen LogP contribution in [0.1, 0.15) is 10.4 Å². The van der Waals surface area contributed by atoms with Gasteiger partial charge in [0.1, 0.15) is 12.3 Å². The highest BCUT2D eigenvalue weighted by Gasteiger charge is 2.15. The Morgan fingerprint density at radius 3 is 2.75 bits per heavy atom. The molecule has 0 aliphatic heterocycles. The summed E-state index contributed by atoms with van der Waals surface area (Å²) in [4.78, 5) is 21.2. The van der Waals surface area contributed by atoms with Crippen molar-refractivity contribution >= 4 is 17.3 Å². The zero-order chi connectivity index (χ0) is 15.1. The van der Waals surface area contributed by atoms with Crippen molar-refractivity contribution in [3.05, 3.63) is 33.9 Å². The van der Waals surface area contributed by atoms with Gasteiger partial charge in [0.2, 0.25) is 5.91 Å². The Bertz CT molecular complexity index is 497.